The summed E-state index contributed by atoms with van der Waals surface area (Å²) in [6.07, 6.45) is 0. The van der Waals surface area contributed by atoms with E-state index in [9.17, 15) is 14.4 Å². The fourth-order valence-electron chi connectivity index (χ4n) is 2.74. The van der Waals surface area contributed by atoms with Gasteiger partial charge in [0.1, 0.15) is 12.3 Å². The number of hydrogen-bond donors (Lipinski definition) is 2. The highest BCUT2D eigenvalue weighted by molar-refractivity contribution is 6.31. The summed E-state index contributed by atoms with van der Waals surface area (Å²) in [5, 5.41) is 12.0. The van der Waals surface area contributed by atoms with Crippen LogP contribution in [0.1, 0.15) is 24.2 Å². The van der Waals surface area contributed by atoms with Gasteiger partial charge in [-0.15, -0.1) is 0 Å². The number of carboxylic acid groups (broad SMARTS) is 1. The molecule has 27 heavy (non-hydrogen) atoms. The highest BCUT2D eigenvalue weighted by Gasteiger charge is 2.41. The summed E-state index contributed by atoms with van der Waals surface area (Å²) in [7, 11) is 0. The van der Waals surface area contributed by atoms with Crippen LogP contribution in [-0.4, -0.2) is 35.0 Å². The van der Waals surface area contributed by atoms with Crippen molar-refractivity contribution in [2.75, 3.05) is 16.8 Å². The third-order valence-corrected chi connectivity index (χ3v) is 4.29. The molecule has 0 aromatic heterocycles. The van der Waals surface area contributed by atoms with Crippen molar-refractivity contribution in [3.05, 3.63) is 53.1 Å². The van der Waals surface area contributed by atoms with E-state index in [4.69, 9.17) is 21.4 Å². The van der Waals surface area contributed by atoms with Crippen LogP contribution in [0, 0.1) is 0 Å². The summed E-state index contributed by atoms with van der Waals surface area (Å²) in [6, 6.07) is 10.6. The number of hydrogen-bond acceptors (Lipinski definition) is 4. The van der Waals surface area contributed by atoms with Crippen LogP contribution in [0.15, 0.2) is 42.5 Å². The summed E-state index contributed by atoms with van der Waals surface area (Å²) in [6.45, 7) is 3.02. The Morgan fingerprint density at radius 3 is 2.48 bits per heavy atom. The molecule has 0 saturated heterocycles. The van der Waals surface area contributed by atoms with Crippen LogP contribution >= 0.6 is 11.6 Å². The molecule has 7 nitrogen and oxygen atoms in total. The van der Waals surface area contributed by atoms with Crippen molar-refractivity contribution < 1.29 is 24.2 Å². The van der Waals surface area contributed by atoms with E-state index in [0.29, 0.717) is 22.1 Å². The molecule has 1 heterocycles. The number of rotatable bonds is 4. The van der Waals surface area contributed by atoms with Crippen molar-refractivity contribution in [1.82, 2.24) is 0 Å². The van der Waals surface area contributed by atoms with Gasteiger partial charge < -0.3 is 15.2 Å². The first-order valence-electron chi connectivity index (χ1n) is 8.11. The number of carbonyl (C=O) groups excluding carboxylic acids is 2. The molecule has 0 unspecified atom stereocenters. The molecule has 8 heteroatoms. The van der Waals surface area contributed by atoms with E-state index in [1.54, 1.807) is 32.0 Å². The minimum Gasteiger partial charge on any atom is -0.478 e. The average molecular weight is 389 g/mol. The maximum absolute atomic E-state index is 12.7. The molecule has 2 aromatic carbocycles. The fraction of sp³-hybridized carbons (Fsp3) is 0.211. The molecule has 140 valence electrons. The van der Waals surface area contributed by atoms with Gasteiger partial charge in [-0.3, -0.25) is 14.5 Å². The maximum Gasteiger partial charge on any atom is 0.335 e. The molecule has 2 aromatic rings. The standard InChI is InChI=1S/C19H17ClN2O5/c1-19(2)18(26)22(14-9-12(20)5-8-15(14)27-19)10-16(23)21-13-6-3-11(4-7-13)17(24)25/h3-9H,10H2,1-2H3,(H,21,23)(H,24,25). The van der Waals surface area contributed by atoms with Crippen LogP contribution in [0.4, 0.5) is 11.4 Å². The number of ether oxygens (including phenoxy) is 1. The molecule has 3 rings (SSSR count). The van der Waals surface area contributed by atoms with Crippen LogP contribution in [-0.2, 0) is 9.59 Å². The van der Waals surface area contributed by atoms with Crippen LogP contribution in [0.3, 0.4) is 0 Å². The van der Waals surface area contributed by atoms with Gasteiger partial charge in [-0.2, -0.15) is 0 Å². The molecule has 0 atom stereocenters. The molecular formula is C19H17ClN2O5. The third-order valence-electron chi connectivity index (χ3n) is 4.05. The second kappa shape index (κ2) is 6.92. The number of nitrogens with one attached hydrogen (secondary N) is 1. The summed E-state index contributed by atoms with van der Waals surface area (Å²) in [4.78, 5) is 37.4. The van der Waals surface area contributed by atoms with Gasteiger partial charge in [0.25, 0.3) is 5.91 Å². The smallest absolute Gasteiger partial charge is 0.335 e. The number of carboxylic acids is 1. The number of nitrogens with zero attached hydrogens (tertiary/aromatic N) is 1. The van der Waals surface area contributed by atoms with Crippen molar-refractivity contribution in [3.63, 3.8) is 0 Å². The fourth-order valence-corrected chi connectivity index (χ4v) is 2.90. The Bertz CT molecular complexity index is 924. The predicted octanol–water partition coefficient (Wildman–Crippen LogP) is 3.18. The second-order valence-corrected chi connectivity index (χ2v) is 6.98. The number of benzene rings is 2. The molecule has 0 radical (unpaired) electrons. The maximum atomic E-state index is 12.7. The lowest BCUT2D eigenvalue weighted by Crippen LogP contribution is -2.54. The van der Waals surface area contributed by atoms with Gasteiger partial charge in [0.15, 0.2) is 5.60 Å². The minimum absolute atomic E-state index is 0.113. The first-order valence-corrected chi connectivity index (χ1v) is 8.49. The molecule has 0 fully saturated rings. The molecule has 2 amide bonds. The Morgan fingerprint density at radius 2 is 1.85 bits per heavy atom. The zero-order valence-electron chi connectivity index (χ0n) is 14.7. The topological polar surface area (TPSA) is 95.9 Å². The van der Waals surface area contributed by atoms with Crippen molar-refractivity contribution in [2.45, 2.75) is 19.4 Å². The quantitative estimate of drug-likeness (QED) is 0.838. The van der Waals surface area contributed by atoms with Gasteiger partial charge in [-0.25, -0.2) is 4.79 Å². The number of aromatic carboxylic acids is 1. The molecule has 2 N–H and O–H groups in total. The number of halogens is 1. The van der Waals surface area contributed by atoms with E-state index in [2.05, 4.69) is 5.32 Å². The lowest BCUT2D eigenvalue weighted by Gasteiger charge is -2.38. The Labute approximate surface area is 160 Å². The van der Waals surface area contributed by atoms with E-state index in [-0.39, 0.29) is 18.0 Å². The van der Waals surface area contributed by atoms with Crippen molar-refractivity contribution in [2.24, 2.45) is 0 Å². The van der Waals surface area contributed by atoms with E-state index in [0.717, 1.165) is 0 Å². The Morgan fingerprint density at radius 1 is 1.19 bits per heavy atom. The Kier molecular flexibility index (Phi) is 4.80. The molecule has 1 aliphatic rings. The van der Waals surface area contributed by atoms with Crippen LogP contribution in [0.5, 0.6) is 5.75 Å². The number of anilines is 2. The van der Waals surface area contributed by atoms with E-state index in [1.165, 1.54) is 29.2 Å². The molecule has 0 aliphatic carbocycles. The van der Waals surface area contributed by atoms with E-state index >= 15 is 0 Å². The summed E-state index contributed by atoms with van der Waals surface area (Å²) in [5.41, 5.74) is -0.161. The SMILES string of the molecule is CC1(C)Oc2ccc(Cl)cc2N(CC(=O)Nc2ccc(C(=O)O)cc2)C1=O. The first kappa shape index (κ1) is 18.7. The monoisotopic (exact) mass is 388 g/mol. The van der Waals surface area contributed by atoms with Gasteiger partial charge >= 0.3 is 5.97 Å². The van der Waals surface area contributed by atoms with E-state index in [1.807, 2.05) is 0 Å². The number of fused-ring (bicyclic) bond motifs is 1. The molecule has 1 aliphatic heterocycles. The zero-order chi connectivity index (χ0) is 19.8. The number of amides is 2. The van der Waals surface area contributed by atoms with Crippen LogP contribution in [0.25, 0.3) is 0 Å². The normalized spacial score (nSPS) is 14.9. The second-order valence-electron chi connectivity index (χ2n) is 6.55. The molecule has 0 saturated carbocycles. The van der Waals surface area contributed by atoms with E-state index < -0.39 is 17.5 Å². The molecule has 0 spiro atoms. The van der Waals surface area contributed by atoms with Crippen LogP contribution < -0.4 is 15.0 Å². The summed E-state index contributed by atoms with van der Waals surface area (Å²) in [5.74, 6) is -1.39. The lowest BCUT2D eigenvalue weighted by molar-refractivity contribution is -0.133. The lowest BCUT2D eigenvalue weighted by atomic mass is 10.0. The zero-order valence-corrected chi connectivity index (χ0v) is 15.4. The Hall–Kier alpha value is -3.06. The van der Waals surface area contributed by atoms with Crippen molar-refractivity contribution in [3.8, 4) is 5.75 Å². The largest absolute Gasteiger partial charge is 0.478 e. The van der Waals surface area contributed by atoms with Gasteiger partial charge in [0, 0.05) is 10.7 Å². The average Bonchev–Trinajstić information content (AvgIpc) is 2.60. The van der Waals surface area contributed by atoms with Crippen LogP contribution in [0.2, 0.25) is 5.02 Å². The van der Waals surface area contributed by atoms with Crippen molar-refractivity contribution in [1.29, 1.82) is 0 Å². The predicted molar refractivity (Wildman–Crippen MR) is 101 cm³/mol. The number of carbonyl (C=O) groups is 3. The van der Waals surface area contributed by atoms with Gasteiger partial charge in [0.05, 0.1) is 11.3 Å². The summed E-state index contributed by atoms with van der Waals surface area (Å²) < 4.78 is 5.72. The highest BCUT2D eigenvalue weighted by Crippen LogP contribution is 2.39. The molecular weight excluding hydrogens is 372 g/mol. The van der Waals surface area contributed by atoms with Gasteiger partial charge in [-0.05, 0) is 56.3 Å². The summed E-state index contributed by atoms with van der Waals surface area (Å²) >= 11 is 6.03. The Balaban J connectivity index is 1.81. The van der Waals surface area contributed by atoms with Crippen molar-refractivity contribution >= 4 is 40.8 Å². The minimum atomic E-state index is -1.12. The van der Waals surface area contributed by atoms with Gasteiger partial charge in [0.2, 0.25) is 5.91 Å². The van der Waals surface area contributed by atoms with Gasteiger partial charge in [-0.1, -0.05) is 11.6 Å². The first-order chi connectivity index (χ1) is 12.7. The highest BCUT2D eigenvalue weighted by atomic mass is 35.5. The molecule has 0 bridgehead atoms. The third kappa shape index (κ3) is 3.88.